The number of aromatic amines is 1. The van der Waals surface area contributed by atoms with Gasteiger partial charge in [0.05, 0.1) is 15.9 Å². The van der Waals surface area contributed by atoms with Crippen molar-refractivity contribution in [3.8, 4) is 11.4 Å². The Kier molecular flexibility index (Phi) is 2.87. The number of nitrogens with one attached hydrogen (secondary N) is 1. The van der Waals surface area contributed by atoms with Crippen LogP contribution in [0.3, 0.4) is 0 Å². The van der Waals surface area contributed by atoms with E-state index >= 15 is 0 Å². The number of hydrogen-bond acceptors (Lipinski definition) is 3. The van der Waals surface area contributed by atoms with Crippen molar-refractivity contribution in [1.29, 1.82) is 0 Å². The van der Waals surface area contributed by atoms with E-state index in [2.05, 4.69) is 9.97 Å². The van der Waals surface area contributed by atoms with Gasteiger partial charge in [0.15, 0.2) is 9.84 Å². The minimum Gasteiger partial charge on any atom is -0.338 e. The van der Waals surface area contributed by atoms with E-state index in [9.17, 15) is 8.42 Å². The van der Waals surface area contributed by atoms with E-state index in [1.54, 1.807) is 18.2 Å². The lowest BCUT2D eigenvalue weighted by atomic mass is 10.2. The second-order valence-corrected chi connectivity index (χ2v) is 6.87. The predicted octanol–water partition coefficient (Wildman–Crippen LogP) is 2.94. The fraction of sp³-hybridized carbons (Fsp3) is 0.133. The highest BCUT2D eigenvalue weighted by Gasteiger charge is 2.11. The summed E-state index contributed by atoms with van der Waals surface area (Å²) in [5.74, 6) is 0.680. The summed E-state index contributed by atoms with van der Waals surface area (Å²) in [5.41, 5.74) is 3.71. The number of rotatable bonds is 2. The third kappa shape index (κ3) is 2.20. The molecular weight excluding hydrogens is 272 g/mol. The van der Waals surface area contributed by atoms with E-state index in [0.29, 0.717) is 10.7 Å². The Balaban J connectivity index is 2.19. The molecule has 102 valence electrons. The van der Waals surface area contributed by atoms with Crippen molar-refractivity contribution >= 4 is 20.9 Å². The van der Waals surface area contributed by atoms with Crippen LogP contribution < -0.4 is 0 Å². The monoisotopic (exact) mass is 286 g/mol. The molecule has 1 aromatic heterocycles. The van der Waals surface area contributed by atoms with Crippen LogP contribution in [0.15, 0.2) is 47.4 Å². The van der Waals surface area contributed by atoms with Gasteiger partial charge in [0.1, 0.15) is 5.82 Å². The summed E-state index contributed by atoms with van der Waals surface area (Å²) < 4.78 is 23.2. The maximum atomic E-state index is 11.6. The van der Waals surface area contributed by atoms with Crippen molar-refractivity contribution in [2.75, 3.05) is 6.26 Å². The van der Waals surface area contributed by atoms with E-state index in [1.165, 1.54) is 6.26 Å². The molecule has 0 radical (unpaired) electrons. The molecule has 1 N–H and O–H groups in total. The van der Waals surface area contributed by atoms with Gasteiger partial charge >= 0.3 is 0 Å². The Bertz CT molecular complexity index is 895. The van der Waals surface area contributed by atoms with E-state index < -0.39 is 9.84 Å². The number of benzene rings is 2. The summed E-state index contributed by atoms with van der Waals surface area (Å²) in [6.45, 7) is 2.00. The molecule has 0 aliphatic rings. The van der Waals surface area contributed by atoms with Crippen LogP contribution in [0.25, 0.3) is 22.4 Å². The van der Waals surface area contributed by atoms with Crippen LogP contribution >= 0.6 is 0 Å². The number of aromatic nitrogens is 2. The maximum absolute atomic E-state index is 11.6. The van der Waals surface area contributed by atoms with Crippen molar-refractivity contribution in [2.24, 2.45) is 0 Å². The van der Waals surface area contributed by atoms with Crippen molar-refractivity contribution in [2.45, 2.75) is 11.8 Å². The topological polar surface area (TPSA) is 62.8 Å². The minimum absolute atomic E-state index is 0.298. The molecule has 0 aliphatic carbocycles. The first-order valence-electron chi connectivity index (χ1n) is 6.21. The molecule has 0 fully saturated rings. The first kappa shape index (κ1) is 12.9. The van der Waals surface area contributed by atoms with Gasteiger partial charge in [-0.25, -0.2) is 13.4 Å². The van der Waals surface area contributed by atoms with Crippen molar-refractivity contribution < 1.29 is 8.42 Å². The summed E-state index contributed by atoms with van der Waals surface area (Å²) in [5, 5.41) is 0. The summed E-state index contributed by atoms with van der Waals surface area (Å²) in [4.78, 5) is 8.08. The highest BCUT2D eigenvalue weighted by atomic mass is 32.2. The second-order valence-electron chi connectivity index (χ2n) is 4.86. The smallest absolute Gasteiger partial charge is 0.175 e. The van der Waals surface area contributed by atoms with Gasteiger partial charge in [-0.3, -0.25) is 0 Å². The second kappa shape index (κ2) is 4.45. The van der Waals surface area contributed by atoms with Gasteiger partial charge in [-0.05, 0) is 30.7 Å². The molecule has 0 unspecified atom stereocenters. The molecular formula is C15H14N2O2S. The Morgan fingerprint density at radius 1 is 1.10 bits per heavy atom. The van der Waals surface area contributed by atoms with Crippen LogP contribution in [0.4, 0.5) is 0 Å². The van der Waals surface area contributed by atoms with Gasteiger partial charge < -0.3 is 4.98 Å². The fourth-order valence-electron chi connectivity index (χ4n) is 2.19. The summed E-state index contributed by atoms with van der Waals surface area (Å²) in [6, 6.07) is 12.7. The zero-order valence-electron chi connectivity index (χ0n) is 11.2. The molecule has 1 heterocycles. The number of para-hydroxylation sites is 1. The first-order valence-corrected chi connectivity index (χ1v) is 8.10. The molecule has 0 saturated heterocycles. The van der Waals surface area contributed by atoms with Crippen LogP contribution in [0.2, 0.25) is 0 Å². The van der Waals surface area contributed by atoms with Gasteiger partial charge in [0, 0.05) is 11.8 Å². The van der Waals surface area contributed by atoms with Crippen LogP contribution in [-0.4, -0.2) is 24.6 Å². The highest BCUT2D eigenvalue weighted by Crippen LogP contribution is 2.24. The molecule has 0 amide bonds. The van der Waals surface area contributed by atoms with Gasteiger partial charge in [0.25, 0.3) is 0 Å². The molecule has 2 aromatic carbocycles. The first-order chi connectivity index (χ1) is 9.45. The van der Waals surface area contributed by atoms with Gasteiger partial charge in [-0.2, -0.15) is 0 Å². The number of nitrogens with zero attached hydrogens (tertiary/aromatic N) is 1. The van der Waals surface area contributed by atoms with Gasteiger partial charge in [-0.15, -0.1) is 0 Å². The Labute approximate surface area is 117 Å². The fourth-order valence-corrected chi connectivity index (χ4v) is 2.85. The van der Waals surface area contributed by atoms with Crippen LogP contribution in [0.1, 0.15) is 5.56 Å². The molecule has 0 atom stereocenters. The zero-order valence-corrected chi connectivity index (χ0v) is 12.0. The number of fused-ring (bicyclic) bond motifs is 1. The SMILES string of the molecule is Cc1cccc2[nH]c(-c3cccc(S(C)(=O)=O)c3)nc12. The van der Waals surface area contributed by atoms with Crippen molar-refractivity contribution in [1.82, 2.24) is 9.97 Å². The summed E-state index contributed by atoms with van der Waals surface area (Å²) in [6.07, 6.45) is 1.20. The summed E-state index contributed by atoms with van der Waals surface area (Å²) in [7, 11) is -3.21. The average Bonchev–Trinajstić information content (AvgIpc) is 2.83. The number of sulfone groups is 1. The average molecular weight is 286 g/mol. The number of imidazole rings is 1. The maximum Gasteiger partial charge on any atom is 0.175 e. The van der Waals surface area contributed by atoms with Crippen LogP contribution in [-0.2, 0) is 9.84 Å². The molecule has 20 heavy (non-hydrogen) atoms. The molecule has 3 rings (SSSR count). The van der Waals surface area contributed by atoms with Gasteiger partial charge in [0.2, 0.25) is 0 Å². The van der Waals surface area contributed by atoms with E-state index in [-0.39, 0.29) is 0 Å². The molecule has 5 heteroatoms. The minimum atomic E-state index is -3.21. The number of hydrogen-bond donors (Lipinski definition) is 1. The van der Waals surface area contributed by atoms with Crippen molar-refractivity contribution in [3.05, 3.63) is 48.0 Å². The Hall–Kier alpha value is -2.14. The standard InChI is InChI=1S/C15H14N2O2S/c1-10-5-3-8-13-14(10)17-15(16-13)11-6-4-7-12(9-11)20(2,18)19/h3-9H,1-2H3,(H,16,17). The van der Waals surface area contributed by atoms with E-state index in [4.69, 9.17) is 0 Å². The lowest BCUT2D eigenvalue weighted by molar-refractivity contribution is 0.602. The third-order valence-corrected chi connectivity index (χ3v) is 4.36. The molecule has 0 saturated carbocycles. The predicted molar refractivity (Wildman–Crippen MR) is 79.4 cm³/mol. The molecule has 0 aliphatic heterocycles. The summed E-state index contributed by atoms with van der Waals surface area (Å²) >= 11 is 0. The molecule has 4 nitrogen and oxygen atoms in total. The van der Waals surface area contributed by atoms with Crippen LogP contribution in [0, 0.1) is 6.92 Å². The molecule has 3 aromatic rings. The lowest BCUT2D eigenvalue weighted by Crippen LogP contribution is -1.97. The normalized spacial score (nSPS) is 11.9. The molecule has 0 bridgehead atoms. The largest absolute Gasteiger partial charge is 0.338 e. The van der Waals surface area contributed by atoms with Crippen LogP contribution in [0.5, 0.6) is 0 Å². The zero-order chi connectivity index (χ0) is 14.3. The Morgan fingerprint density at radius 2 is 1.85 bits per heavy atom. The lowest BCUT2D eigenvalue weighted by Gasteiger charge is -2.00. The van der Waals surface area contributed by atoms with E-state index in [0.717, 1.165) is 22.2 Å². The third-order valence-electron chi connectivity index (χ3n) is 3.25. The Morgan fingerprint density at radius 3 is 2.55 bits per heavy atom. The quantitative estimate of drug-likeness (QED) is 0.787. The number of H-pyrrole nitrogens is 1. The number of aryl methyl sites for hydroxylation is 1. The van der Waals surface area contributed by atoms with Gasteiger partial charge in [-0.1, -0.05) is 24.3 Å². The molecule has 0 spiro atoms. The van der Waals surface area contributed by atoms with E-state index in [1.807, 2.05) is 31.2 Å². The van der Waals surface area contributed by atoms with Crippen molar-refractivity contribution in [3.63, 3.8) is 0 Å². The highest BCUT2D eigenvalue weighted by molar-refractivity contribution is 7.90.